The Kier molecular flexibility index (Phi) is 4.73. The number of benzene rings is 3. The van der Waals surface area contributed by atoms with E-state index >= 15 is 0 Å². The normalized spacial score (nSPS) is 11.1. The molecule has 0 fully saturated rings. The summed E-state index contributed by atoms with van der Waals surface area (Å²) < 4.78 is 5.11. The van der Waals surface area contributed by atoms with Crippen molar-refractivity contribution in [2.45, 2.75) is 6.61 Å². The molecule has 0 amide bonds. The quantitative estimate of drug-likeness (QED) is 0.521. The molecule has 0 radical (unpaired) electrons. The zero-order chi connectivity index (χ0) is 16.8. The Bertz CT molecular complexity index is 904. The van der Waals surface area contributed by atoms with Crippen molar-refractivity contribution in [3.63, 3.8) is 0 Å². The van der Waals surface area contributed by atoms with Crippen LogP contribution in [0.3, 0.4) is 0 Å². The van der Waals surface area contributed by atoms with Gasteiger partial charge in [-0.05, 0) is 40.6 Å². The SMILES string of the molecule is COc1ccc(/C(C#N)=N/OCc2cccc3ccccc23)cc1. The third-order valence-electron chi connectivity index (χ3n) is 3.73. The summed E-state index contributed by atoms with van der Waals surface area (Å²) in [6.07, 6.45) is 0. The largest absolute Gasteiger partial charge is 0.497 e. The highest BCUT2D eigenvalue weighted by atomic mass is 16.6. The molecular formula is C20H16N2O2. The molecule has 0 heterocycles. The van der Waals surface area contributed by atoms with Gasteiger partial charge in [-0.15, -0.1) is 0 Å². The highest BCUT2D eigenvalue weighted by Gasteiger charge is 2.05. The molecule has 0 bridgehead atoms. The van der Waals surface area contributed by atoms with Gasteiger partial charge < -0.3 is 9.57 Å². The molecule has 0 saturated heterocycles. The molecule has 24 heavy (non-hydrogen) atoms. The second-order valence-corrected chi connectivity index (χ2v) is 5.19. The summed E-state index contributed by atoms with van der Waals surface area (Å²) in [5, 5.41) is 15.5. The maximum absolute atomic E-state index is 9.28. The van der Waals surface area contributed by atoms with Gasteiger partial charge in [0.25, 0.3) is 0 Å². The highest BCUT2D eigenvalue weighted by Crippen LogP contribution is 2.19. The van der Waals surface area contributed by atoms with Crippen LogP contribution in [0.4, 0.5) is 0 Å². The molecule has 0 atom stereocenters. The van der Waals surface area contributed by atoms with Gasteiger partial charge in [-0.3, -0.25) is 0 Å². The van der Waals surface area contributed by atoms with Gasteiger partial charge in [-0.25, -0.2) is 0 Å². The highest BCUT2D eigenvalue weighted by molar-refractivity contribution is 6.11. The van der Waals surface area contributed by atoms with Gasteiger partial charge in [0.2, 0.25) is 0 Å². The zero-order valence-corrected chi connectivity index (χ0v) is 13.3. The molecule has 3 aromatic rings. The van der Waals surface area contributed by atoms with Crippen molar-refractivity contribution in [1.29, 1.82) is 5.26 Å². The summed E-state index contributed by atoms with van der Waals surface area (Å²) in [6.45, 7) is 0.308. The summed E-state index contributed by atoms with van der Waals surface area (Å²) in [5.41, 5.74) is 1.96. The molecule has 0 aliphatic heterocycles. The van der Waals surface area contributed by atoms with E-state index in [1.165, 1.54) is 0 Å². The third kappa shape index (κ3) is 3.36. The minimum absolute atomic E-state index is 0.234. The van der Waals surface area contributed by atoms with Gasteiger partial charge in [0.05, 0.1) is 7.11 Å². The number of ether oxygens (including phenoxy) is 1. The summed E-state index contributed by atoms with van der Waals surface area (Å²) in [7, 11) is 1.60. The maximum Gasteiger partial charge on any atom is 0.186 e. The molecule has 4 nitrogen and oxygen atoms in total. The molecule has 118 valence electrons. The van der Waals surface area contributed by atoms with Crippen molar-refractivity contribution >= 4 is 16.5 Å². The number of fused-ring (bicyclic) bond motifs is 1. The van der Waals surface area contributed by atoms with Crippen LogP contribution in [0.2, 0.25) is 0 Å². The molecule has 0 aliphatic carbocycles. The zero-order valence-electron chi connectivity index (χ0n) is 13.3. The van der Waals surface area contributed by atoms with Crippen LogP contribution in [0, 0.1) is 11.3 Å². The fourth-order valence-corrected chi connectivity index (χ4v) is 2.47. The lowest BCUT2D eigenvalue weighted by Crippen LogP contribution is -1.99. The number of hydrogen-bond acceptors (Lipinski definition) is 4. The van der Waals surface area contributed by atoms with E-state index in [-0.39, 0.29) is 5.71 Å². The molecular weight excluding hydrogens is 300 g/mol. The van der Waals surface area contributed by atoms with Crippen molar-refractivity contribution in [1.82, 2.24) is 0 Å². The summed E-state index contributed by atoms with van der Waals surface area (Å²) in [4.78, 5) is 5.43. The number of nitrogens with zero attached hydrogens (tertiary/aromatic N) is 2. The van der Waals surface area contributed by atoms with Crippen LogP contribution in [0.5, 0.6) is 5.75 Å². The van der Waals surface area contributed by atoms with Crippen LogP contribution >= 0.6 is 0 Å². The Hall–Kier alpha value is -3.32. The number of oxime groups is 1. The molecule has 3 rings (SSSR count). The van der Waals surface area contributed by atoms with E-state index < -0.39 is 0 Å². The van der Waals surface area contributed by atoms with Gasteiger partial charge >= 0.3 is 0 Å². The van der Waals surface area contributed by atoms with Crippen molar-refractivity contribution in [3.05, 3.63) is 77.9 Å². The second kappa shape index (κ2) is 7.30. The number of methoxy groups -OCH3 is 1. The first-order chi connectivity index (χ1) is 11.8. The van der Waals surface area contributed by atoms with Crippen LogP contribution in [-0.4, -0.2) is 12.8 Å². The number of rotatable bonds is 5. The Balaban J connectivity index is 1.77. The van der Waals surface area contributed by atoms with Crippen LogP contribution in [0.1, 0.15) is 11.1 Å². The molecule has 0 saturated carbocycles. The van der Waals surface area contributed by atoms with E-state index in [9.17, 15) is 5.26 Å². The van der Waals surface area contributed by atoms with Crippen LogP contribution in [0.15, 0.2) is 71.9 Å². The van der Waals surface area contributed by atoms with E-state index in [2.05, 4.69) is 23.4 Å². The summed E-state index contributed by atoms with van der Waals surface area (Å²) in [5.74, 6) is 0.729. The maximum atomic E-state index is 9.28. The first-order valence-electron chi connectivity index (χ1n) is 7.53. The monoisotopic (exact) mass is 316 g/mol. The minimum atomic E-state index is 0.234. The first kappa shape index (κ1) is 15.6. The molecule has 0 spiro atoms. The number of hydrogen-bond donors (Lipinski definition) is 0. The van der Waals surface area contributed by atoms with E-state index in [4.69, 9.17) is 9.57 Å². The molecule has 0 unspecified atom stereocenters. The average Bonchev–Trinajstić information content (AvgIpc) is 2.65. The first-order valence-corrected chi connectivity index (χ1v) is 7.53. The van der Waals surface area contributed by atoms with Crippen molar-refractivity contribution in [2.75, 3.05) is 7.11 Å². The molecule has 0 N–H and O–H groups in total. The van der Waals surface area contributed by atoms with Gasteiger partial charge in [0.1, 0.15) is 18.4 Å². The Labute approximate surface area is 140 Å². The average molecular weight is 316 g/mol. The van der Waals surface area contributed by atoms with E-state index in [1.54, 1.807) is 31.4 Å². The standard InChI is InChI=1S/C20H16N2O2/c1-23-18-11-9-16(10-12-18)20(13-21)22-24-14-17-7-4-6-15-5-2-3-8-19(15)17/h2-12H,14H2,1H3/b22-20+. The predicted octanol–water partition coefficient (Wildman–Crippen LogP) is 4.29. The lowest BCUT2D eigenvalue weighted by molar-refractivity contribution is 0.132. The lowest BCUT2D eigenvalue weighted by Gasteiger charge is -2.06. The van der Waals surface area contributed by atoms with Crippen molar-refractivity contribution < 1.29 is 9.57 Å². The van der Waals surface area contributed by atoms with Crippen molar-refractivity contribution in [3.8, 4) is 11.8 Å². The predicted molar refractivity (Wildman–Crippen MR) is 93.9 cm³/mol. The molecule has 4 heteroatoms. The van der Waals surface area contributed by atoms with Gasteiger partial charge in [-0.2, -0.15) is 5.26 Å². The third-order valence-corrected chi connectivity index (χ3v) is 3.73. The van der Waals surface area contributed by atoms with Crippen LogP contribution < -0.4 is 4.74 Å². The van der Waals surface area contributed by atoms with Crippen molar-refractivity contribution in [2.24, 2.45) is 5.16 Å². The molecule has 0 aliphatic rings. The van der Waals surface area contributed by atoms with Crippen LogP contribution in [0.25, 0.3) is 10.8 Å². The fraction of sp³-hybridized carbons (Fsp3) is 0.100. The molecule has 3 aromatic carbocycles. The Morgan fingerprint density at radius 1 is 1.00 bits per heavy atom. The fourth-order valence-electron chi connectivity index (χ4n) is 2.47. The van der Waals surface area contributed by atoms with E-state index in [0.717, 1.165) is 22.1 Å². The van der Waals surface area contributed by atoms with E-state index in [1.807, 2.05) is 30.3 Å². The topological polar surface area (TPSA) is 54.6 Å². The Morgan fingerprint density at radius 2 is 1.75 bits per heavy atom. The Morgan fingerprint density at radius 3 is 2.50 bits per heavy atom. The summed E-state index contributed by atoms with van der Waals surface area (Å²) >= 11 is 0. The van der Waals surface area contributed by atoms with Gasteiger partial charge in [-0.1, -0.05) is 47.6 Å². The lowest BCUT2D eigenvalue weighted by atomic mass is 10.1. The second-order valence-electron chi connectivity index (χ2n) is 5.19. The molecule has 0 aromatic heterocycles. The smallest absolute Gasteiger partial charge is 0.186 e. The van der Waals surface area contributed by atoms with E-state index in [0.29, 0.717) is 12.2 Å². The minimum Gasteiger partial charge on any atom is -0.497 e. The summed E-state index contributed by atoms with van der Waals surface area (Å²) in [6, 6.07) is 23.3. The van der Waals surface area contributed by atoms with Crippen LogP contribution in [-0.2, 0) is 11.4 Å². The van der Waals surface area contributed by atoms with Gasteiger partial charge in [0, 0.05) is 5.56 Å². The van der Waals surface area contributed by atoms with Gasteiger partial charge in [0.15, 0.2) is 5.71 Å². The number of nitriles is 1.